The Bertz CT molecular complexity index is 1490. The molecule has 4 N–H and O–H groups in total. The van der Waals surface area contributed by atoms with Gasteiger partial charge in [0.1, 0.15) is 16.9 Å². The van der Waals surface area contributed by atoms with Gasteiger partial charge >= 0.3 is 6.09 Å². The van der Waals surface area contributed by atoms with Crippen molar-refractivity contribution < 1.29 is 14.3 Å². The van der Waals surface area contributed by atoms with E-state index in [1.54, 1.807) is 11.1 Å². The maximum absolute atomic E-state index is 12.4. The molecule has 3 aromatic rings. The van der Waals surface area contributed by atoms with Crippen LogP contribution in [0.25, 0.3) is 22.6 Å². The Hall–Kier alpha value is -3.44. The predicted molar refractivity (Wildman–Crippen MR) is 161 cm³/mol. The quantitative estimate of drug-likeness (QED) is 0.345. The fraction of sp³-hybridized carbons (Fsp3) is 0.467. The lowest BCUT2D eigenvalue weighted by atomic mass is 9.88. The summed E-state index contributed by atoms with van der Waals surface area (Å²) >= 11 is 3.64. The summed E-state index contributed by atoms with van der Waals surface area (Å²) in [5.41, 5.74) is 9.69. The molecule has 2 amide bonds. The standard InChI is InChI=1S/C30H36BrN7O3/c1-30(2,3)41-29(40)38-12-10-37(11-13-38)16-17-4-6-18(7-5-17)27-35-25-24(21(31)15-33-28(25)36-27)34-23-20-9-8-19(14-20)22(23)26(32)39/h4-9,15,19-20,22-23H,10-14,16H2,1-3H3,(H2,32,39)(H2,33,34,35,36)/t19-,20-,22-,23-/m1/s1. The second kappa shape index (κ2) is 10.8. The minimum Gasteiger partial charge on any atom is -0.444 e. The van der Waals surface area contributed by atoms with Gasteiger partial charge < -0.3 is 25.7 Å². The zero-order valence-corrected chi connectivity index (χ0v) is 25.1. The van der Waals surface area contributed by atoms with E-state index in [1.165, 1.54) is 5.56 Å². The van der Waals surface area contributed by atoms with Crippen molar-refractivity contribution in [1.29, 1.82) is 0 Å². The van der Waals surface area contributed by atoms with Gasteiger partial charge in [-0.1, -0.05) is 36.4 Å². The molecule has 216 valence electrons. The summed E-state index contributed by atoms with van der Waals surface area (Å²) in [6.07, 6.45) is 6.75. The maximum Gasteiger partial charge on any atom is 0.410 e. The van der Waals surface area contributed by atoms with E-state index in [-0.39, 0.29) is 35.8 Å². The number of amides is 2. The topological polar surface area (TPSA) is 129 Å². The van der Waals surface area contributed by atoms with Crippen molar-refractivity contribution in [2.75, 3.05) is 31.5 Å². The number of carbonyl (C=O) groups is 2. The average molecular weight is 623 g/mol. The van der Waals surface area contributed by atoms with Gasteiger partial charge in [-0.3, -0.25) is 9.69 Å². The van der Waals surface area contributed by atoms with Crippen LogP contribution in [0, 0.1) is 17.8 Å². The molecule has 1 aromatic carbocycles. The highest BCUT2D eigenvalue weighted by molar-refractivity contribution is 9.10. The van der Waals surface area contributed by atoms with Crippen molar-refractivity contribution in [2.45, 2.75) is 45.4 Å². The number of allylic oxidation sites excluding steroid dienone is 1. The van der Waals surface area contributed by atoms with Crippen molar-refractivity contribution in [3.05, 3.63) is 52.7 Å². The first kappa shape index (κ1) is 27.7. The van der Waals surface area contributed by atoms with Crippen LogP contribution in [0.4, 0.5) is 10.5 Å². The lowest BCUT2D eigenvalue weighted by Crippen LogP contribution is -2.49. The fourth-order valence-corrected chi connectivity index (χ4v) is 6.64. The number of hydrogen-bond donors (Lipinski definition) is 3. The first-order chi connectivity index (χ1) is 19.6. The van der Waals surface area contributed by atoms with Crippen LogP contribution in [0.15, 0.2) is 47.1 Å². The lowest BCUT2D eigenvalue weighted by Gasteiger charge is -2.35. The summed E-state index contributed by atoms with van der Waals surface area (Å²) in [5.74, 6) is 0.676. The van der Waals surface area contributed by atoms with Gasteiger partial charge in [-0.2, -0.15) is 0 Å². The predicted octanol–water partition coefficient (Wildman–Crippen LogP) is 4.53. The molecule has 11 heteroatoms. The normalized spacial score (nSPS) is 24.2. The molecule has 2 bridgehead atoms. The van der Waals surface area contributed by atoms with E-state index < -0.39 is 5.60 Å². The van der Waals surface area contributed by atoms with E-state index in [1.807, 2.05) is 20.8 Å². The van der Waals surface area contributed by atoms with E-state index in [0.29, 0.717) is 18.7 Å². The van der Waals surface area contributed by atoms with Gasteiger partial charge in [0.25, 0.3) is 0 Å². The molecule has 10 nitrogen and oxygen atoms in total. The molecule has 1 saturated heterocycles. The number of rotatable bonds is 6. The van der Waals surface area contributed by atoms with E-state index in [0.717, 1.165) is 53.1 Å². The third kappa shape index (κ3) is 5.70. The van der Waals surface area contributed by atoms with Crippen LogP contribution < -0.4 is 11.1 Å². The molecular formula is C30H36BrN7O3. The number of imidazole rings is 1. The number of anilines is 1. The number of H-pyrrole nitrogens is 1. The van der Waals surface area contributed by atoms with E-state index >= 15 is 0 Å². The number of nitrogens with zero attached hydrogens (tertiary/aromatic N) is 4. The third-order valence-corrected chi connectivity index (χ3v) is 8.83. The van der Waals surface area contributed by atoms with Crippen LogP contribution in [0.2, 0.25) is 0 Å². The van der Waals surface area contributed by atoms with Gasteiger partial charge in [-0.15, -0.1) is 0 Å². The number of piperazine rings is 1. The van der Waals surface area contributed by atoms with Crippen LogP contribution in [-0.2, 0) is 16.1 Å². The SMILES string of the molecule is CC(C)(C)OC(=O)N1CCN(Cc2ccc(-c3nc4ncc(Br)c(N[C@H]5[C@H](C(N)=O)[C@@H]6C=C[C@@H]5C6)c4[nH]3)cc2)CC1. The first-order valence-corrected chi connectivity index (χ1v) is 14.9. The zero-order chi connectivity index (χ0) is 28.9. The number of fused-ring (bicyclic) bond motifs is 3. The molecule has 41 heavy (non-hydrogen) atoms. The van der Waals surface area contributed by atoms with Crippen molar-refractivity contribution in [1.82, 2.24) is 24.8 Å². The van der Waals surface area contributed by atoms with Crippen molar-refractivity contribution in [3.8, 4) is 11.4 Å². The third-order valence-electron chi connectivity index (χ3n) is 8.23. The number of halogens is 1. The number of nitrogens with two attached hydrogens (primary N) is 1. The second-order valence-electron chi connectivity index (χ2n) is 12.3. The molecular weight excluding hydrogens is 586 g/mol. The summed E-state index contributed by atoms with van der Waals surface area (Å²) in [5, 5.41) is 3.61. The van der Waals surface area contributed by atoms with Crippen LogP contribution in [0.1, 0.15) is 32.8 Å². The number of pyridine rings is 1. The molecule has 2 aliphatic carbocycles. The molecule has 0 radical (unpaired) electrons. The molecule has 0 unspecified atom stereocenters. The van der Waals surface area contributed by atoms with Crippen molar-refractivity contribution in [3.63, 3.8) is 0 Å². The van der Waals surface area contributed by atoms with E-state index in [2.05, 4.69) is 72.5 Å². The summed E-state index contributed by atoms with van der Waals surface area (Å²) in [6, 6.07) is 8.29. The number of carbonyl (C=O) groups excluding carboxylic acids is 2. The second-order valence-corrected chi connectivity index (χ2v) is 13.1. The highest BCUT2D eigenvalue weighted by Gasteiger charge is 2.47. The van der Waals surface area contributed by atoms with Gasteiger partial charge in [-0.25, -0.2) is 14.8 Å². The molecule has 0 spiro atoms. The Kier molecular flexibility index (Phi) is 7.27. The Labute approximate surface area is 247 Å². The van der Waals surface area contributed by atoms with Crippen molar-refractivity contribution in [2.24, 2.45) is 23.5 Å². The first-order valence-electron chi connectivity index (χ1n) is 14.1. The Morgan fingerprint density at radius 3 is 2.51 bits per heavy atom. The van der Waals surface area contributed by atoms with Crippen LogP contribution in [0.5, 0.6) is 0 Å². The van der Waals surface area contributed by atoms with Gasteiger partial charge in [0.05, 0.1) is 16.1 Å². The molecule has 3 aliphatic rings. The number of nitrogens with one attached hydrogen (secondary N) is 2. The molecule has 1 saturated carbocycles. The summed E-state index contributed by atoms with van der Waals surface area (Å²) in [7, 11) is 0. The summed E-state index contributed by atoms with van der Waals surface area (Å²) in [4.78, 5) is 41.5. The summed E-state index contributed by atoms with van der Waals surface area (Å²) in [6.45, 7) is 9.39. The largest absolute Gasteiger partial charge is 0.444 e. The monoisotopic (exact) mass is 621 g/mol. The number of hydrogen-bond acceptors (Lipinski definition) is 7. The van der Waals surface area contributed by atoms with Crippen LogP contribution >= 0.6 is 15.9 Å². The number of aromatic nitrogens is 3. The lowest BCUT2D eigenvalue weighted by molar-refractivity contribution is -0.122. The minimum atomic E-state index is -0.484. The van der Waals surface area contributed by atoms with Gasteiger partial charge in [0, 0.05) is 50.5 Å². The van der Waals surface area contributed by atoms with E-state index in [4.69, 9.17) is 15.5 Å². The summed E-state index contributed by atoms with van der Waals surface area (Å²) < 4.78 is 6.31. The maximum atomic E-state index is 12.4. The van der Waals surface area contributed by atoms with Crippen LogP contribution in [0.3, 0.4) is 0 Å². The van der Waals surface area contributed by atoms with Gasteiger partial charge in [-0.05, 0) is 60.5 Å². The van der Waals surface area contributed by atoms with Gasteiger partial charge in [0.15, 0.2) is 5.65 Å². The molecule has 6 rings (SSSR count). The molecule has 2 fully saturated rings. The van der Waals surface area contributed by atoms with Crippen molar-refractivity contribution >= 4 is 44.8 Å². The number of aromatic amines is 1. The zero-order valence-electron chi connectivity index (χ0n) is 23.6. The Morgan fingerprint density at radius 2 is 1.83 bits per heavy atom. The van der Waals surface area contributed by atoms with E-state index in [9.17, 15) is 9.59 Å². The smallest absolute Gasteiger partial charge is 0.410 e. The molecule has 1 aliphatic heterocycles. The molecule has 4 atom stereocenters. The number of primary amides is 1. The fourth-order valence-electron chi connectivity index (χ4n) is 6.23. The number of benzene rings is 1. The highest BCUT2D eigenvalue weighted by atomic mass is 79.9. The van der Waals surface area contributed by atoms with Gasteiger partial charge in [0.2, 0.25) is 5.91 Å². The molecule has 3 heterocycles. The average Bonchev–Trinajstić information content (AvgIpc) is 3.65. The Balaban J connectivity index is 1.13. The Morgan fingerprint density at radius 1 is 1.12 bits per heavy atom. The highest BCUT2D eigenvalue weighted by Crippen LogP contribution is 2.46. The molecule has 2 aromatic heterocycles. The minimum absolute atomic E-state index is 0.0681. The van der Waals surface area contributed by atoms with Crippen LogP contribution in [-0.4, -0.2) is 74.6 Å². The number of ether oxygens (including phenoxy) is 1.